The minimum atomic E-state index is -0.137. The average Bonchev–Trinajstić information content (AvgIpc) is 3.20. The van der Waals surface area contributed by atoms with Crippen molar-refractivity contribution < 1.29 is 4.79 Å². The van der Waals surface area contributed by atoms with Crippen LogP contribution in [-0.4, -0.2) is 27.4 Å². The number of carbonyl (C=O) groups excluding carboxylic acids is 1. The summed E-state index contributed by atoms with van der Waals surface area (Å²) in [6.07, 6.45) is 4.11. The fourth-order valence-corrected chi connectivity index (χ4v) is 3.23. The molecular formula is C13H12N4OS2. The van der Waals surface area contributed by atoms with Crippen LogP contribution in [0.25, 0.3) is 10.6 Å². The zero-order valence-corrected chi connectivity index (χ0v) is 12.1. The van der Waals surface area contributed by atoms with Crippen molar-refractivity contribution in [1.82, 2.24) is 20.3 Å². The Bertz CT molecular complexity index is 673. The fraction of sp³-hybridized carbons (Fsp3) is 0.154. The molecule has 0 aliphatic rings. The van der Waals surface area contributed by atoms with Gasteiger partial charge in [0.1, 0.15) is 10.7 Å². The Morgan fingerprint density at radius 3 is 3.10 bits per heavy atom. The number of H-pyrrole nitrogens is 1. The zero-order valence-electron chi connectivity index (χ0n) is 10.5. The van der Waals surface area contributed by atoms with E-state index < -0.39 is 0 Å². The van der Waals surface area contributed by atoms with Crippen molar-refractivity contribution in [1.29, 1.82) is 0 Å². The van der Waals surface area contributed by atoms with Crippen LogP contribution in [0.1, 0.15) is 16.2 Å². The number of aromatic nitrogens is 3. The highest BCUT2D eigenvalue weighted by Crippen LogP contribution is 2.25. The van der Waals surface area contributed by atoms with E-state index in [0.717, 1.165) is 22.7 Å². The van der Waals surface area contributed by atoms with E-state index in [1.807, 2.05) is 16.8 Å². The lowest BCUT2D eigenvalue weighted by atomic mass is 10.3. The number of hydrogen-bond acceptors (Lipinski definition) is 5. The van der Waals surface area contributed by atoms with Crippen LogP contribution in [0.2, 0.25) is 0 Å². The van der Waals surface area contributed by atoms with E-state index in [1.165, 1.54) is 11.3 Å². The summed E-state index contributed by atoms with van der Waals surface area (Å²) in [4.78, 5) is 23.3. The Morgan fingerprint density at radius 2 is 2.35 bits per heavy atom. The number of thiazole rings is 1. The summed E-state index contributed by atoms with van der Waals surface area (Å²) in [5.74, 6) is -0.137. The molecule has 1 amide bonds. The predicted octanol–water partition coefficient (Wildman–Crippen LogP) is 2.57. The minimum Gasteiger partial charge on any atom is -0.350 e. The molecule has 0 aliphatic heterocycles. The first-order valence-electron chi connectivity index (χ1n) is 6.06. The minimum absolute atomic E-state index is 0.137. The maximum Gasteiger partial charge on any atom is 0.270 e. The molecule has 0 radical (unpaired) electrons. The summed E-state index contributed by atoms with van der Waals surface area (Å²) in [5.41, 5.74) is 2.54. The number of carbonyl (C=O) groups is 1. The molecule has 0 aromatic carbocycles. The molecule has 3 rings (SSSR count). The lowest BCUT2D eigenvalue weighted by molar-refractivity contribution is 0.0950. The summed E-state index contributed by atoms with van der Waals surface area (Å²) in [6, 6.07) is 2.00. The second-order valence-corrected chi connectivity index (χ2v) is 5.77. The fourth-order valence-electron chi connectivity index (χ4n) is 1.72. The van der Waals surface area contributed by atoms with Gasteiger partial charge in [0.2, 0.25) is 0 Å². The average molecular weight is 304 g/mol. The van der Waals surface area contributed by atoms with Gasteiger partial charge in [0, 0.05) is 41.2 Å². The number of thiophene rings is 1. The van der Waals surface area contributed by atoms with Crippen LogP contribution >= 0.6 is 22.7 Å². The molecule has 0 spiro atoms. The molecule has 0 fully saturated rings. The van der Waals surface area contributed by atoms with Crippen molar-refractivity contribution >= 4 is 28.6 Å². The molecular weight excluding hydrogens is 292 g/mol. The zero-order chi connectivity index (χ0) is 13.8. The molecule has 3 aromatic heterocycles. The molecule has 0 aliphatic carbocycles. The molecule has 102 valence electrons. The van der Waals surface area contributed by atoms with Crippen LogP contribution in [0, 0.1) is 0 Å². The van der Waals surface area contributed by atoms with Gasteiger partial charge in [-0.3, -0.25) is 4.79 Å². The van der Waals surface area contributed by atoms with Crippen molar-refractivity contribution in [2.45, 2.75) is 6.42 Å². The number of hydrogen-bond donors (Lipinski definition) is 2. The third-order valence-corrected chi connectivity index (χ3v) is 4.31. The molecule has 20 heavy (non-hydrogen) atoms. The van der Waals surface area contributed by atoms with Crippen molar-refractivity contribution in [3.05, 3.63) is 46.1 Å². The van der Waals surface area contributed by atoms with Gasteiger partial charge in [0.25, 0.3) is 5.91 Å². The third kappa shape index (κ3) is 2.94. The SMILES string of the molecule is O=C(NCCc1cnc[nH]1)c1csc(-c2ccsc2)n1. The van der Waals surface area contributed by atoms with Gasteiger partial charge in [0.15, 0.2) is 0 Å². The predicted molar refractivity (Wildman–Crippen MR) is 80.1 cm³/mol. The summed E-state index contributed by atoms with van der Waals surface area (Å²) >= 11 is 3.11. The van der Waals surface area contributed by atoms with Crippen LogP contribution in [-0.2, 0) is 6.42 Å². The number of aromatic amines is 1. The number of nitrogens with one attached hydrogen (secondary N) is 2. The number of nitrogens with zero attached hydrogens (tertiary/aromatic N) is 2. The molecule has 2 N–H and O–H groups in total. The number of rotatable bonds is 5. The number of imidazole rings is 1. The topological polar surface area (TPSA) is 70.7 Å². The summed E-state index contributed by atoms with van der Waals surface area (Å²) in [5, 5.41) is 9.55. The standard InChI is InChI=1S/C13H12N4OS2/c18-12(15-3-1-10-5-14-8-16-10)11-7-20-13(17-11)9-2-4-19-6-9/h2,4-8H,1,3H2,(H,14,16)(H,15,18). The van der Waals surface area contributed by atoms with Gasteiger partial charge in [-0.2, -0.15) is 11.3 Å². The third-order valence-electron chi connectivity index (χ3n) is 2.74. The maximum absolute atomic E-state index is 12.0. The Kier molecular flexibility index (Phi) is 3.89. The van der Waals surface area contributed by atoms with Crippen LogP contribution in [0.3, 0.4) is 0 Å². The second kappa shape index (κ2) is 5.98. The van der Waals surface area contributed by atoms with Crippen LogP contribution < -0.4 is 5.32 Å². The Balaban J connectivity index is 1.57. The Morgan fingerprint density at radius 1 is 1.40 bits per heavy atom. The highest BCUT2D eigenvalue weighted by atomic mass is 32.1. The van der Waals surface area contributed by atoms with Gasteiger partial charge in [-0.15, -0.1) is 11.3 Å². The molecule has 0 unspecified atom stereocenters. The molecule has 0 bridgehead atoms. The van der Waals surface area contributed by atoms with Crippen LogP contribution in [0.15, 0.2) is 34.7 Å². The van der Waals surface area contributed by atoms with E-state index in [2.05, 4.69) is 20.3 Å². The molecule has 0 saturated heterocycles. The molecule has 7 heteroatoms. The lowest BCUT2D eigenvalue weighted by Gasteiger charge is -2.01. The van der Waals surface area contributed by atoms with Crippen LogP contribution in [0.4, 0.5) is 0 Å². The highest BCUT2D eigenvalue weighted by Gasteiger charge is 2.11. The van der Waals surface area contributed by atoms with Gasteiger partial charge in [0.05, 0.1) is 6.33 Å². The highest BCUT2D eigenvalue weighted by molar-refractivity contribution is 7.14. The quantitative estimate of drug-likeness (QED) is 0.761. The normalized spacial score (nSPS) is 10.6. The van der Waals surface area contributed by atoms with E-state index in [0.29, 0.717) is 12.2 Å². The maximum atomic E-state index is 12.0. The first-order valence-corrected chi connectivity index (χ1v) is 7.89. The van der Waals surface area contributed by atoms with Crippen molar-refractivity contribution in [3.8, 4) is 10.6 Å². The van der Waals surface area contributed by atoms with E-state index in [4.69, 9.17) is 0 Å². The molecule has 0 saturated carbocycles. The monoisotopic (exact) mass is 304 g/mol. The smallest absolute Gasteiger partial charge is 0.270 e. The van der Waals surface area contributed by atoms with Crippen LogP contribution in [0.5, 0.6) is 0 Å². The summed E-state index contributed by atoms with van der Waals surface area (Å²) in [6.45, 7) is 0.562. The van der Waals surface area contributed by atoms with Crippen molar-refractivity contribution in [3.63, 3.8) is 0 Å². The van der Waals surface area contributed by atoms with E-state index in [9.17, 15) is 4.79 Å². The first-order chi connectivity index (χ1) is 9.83. The lowest BCUT2D eigenvalue weighted by Crippen LogP contribution is -2.26. The largest absolute Gasteiger partial charge is 0.350 e. The molecule has 3 heterocycles. The molecule has 5 nitrogen and oxygen atoms in total. The summed E-state index contributed by atoms with van der Waals surface area (Å²) < 4.78 is 0. The van der Waals surface area contributed by atoms with Gasteiger partial charge in [-0.25, -0.2) is 9.97 Å². The number of amides is 1. The van der Waals surface area contributed by atoms with Crippen molar-refractivity contribution in [2.24, 2.45) is 0 Å². The van der Waals surface area contributed by atoms with Gasteiger partial charge in [-0.1, -0.05) is 0 Å². The van der Waals surface area contributed by atoms with Gasteiger partial charge < -0.3 is 10.3 Å². The Hall–Kier alpha value is -1.99. The second-order valence-electron chi connectivity index (χ2n) is 4.13. The van der Waals surface area contributed by atoms with E-state index >= 15 is 0 Å². The Labute approximate surface area is 123 Å². The summed E-state index contributed by atoms with van der Waals surface area (Å²) in [7, 11) is 0. The molecule has 0 atom stereocenters. The van der Waals surface area contributed by atoms with Gasteiger partial charge in [-0.05, 0) is 11.4 Å². The van der Waals surface area contributed by atoms with E-state index in [-0.39, 0.29) is 5.91 Å². The van der Waals surface area contributed by atoms with E-state index in [1.54, 1.807) is 29.2 Å². The van der Waals surface area contributed by atoms with Crippen molar-refractivity contribution in [2.75, 3.05) is 6.54 Å². The first kappa shape index (κ1) is 13.0. The van der Waals surface area contributed by atoms with Gasteiger partial charge >= 0.3 is 0 Å². The molecule has 3 aromatic rings.